The van der Waals surface area contributed by atoms with Crippen LogP contribution in [-0.2, 0) is 11.3 Å². The first-order valence-electron chi connectivity index (χ1n) is 7.37. The lowest BCUT2D eigenvalue weighted by atomic mass is 10.1. The molecule has 0 saturated heterocycles. The van der Waals surface area contributed by atoms with Crippen LogP contribution in [0.4, 0.5) is 0 Å². The topological polar surface area (TPSA) is 49.8 Å². The summed E-state index contributed by atoms with van der Waals surface area (Å²) in [6, 6.07) is 10.6. The van der Waals surface area contributed by atoms with Gasteiger partial charge >= 0.3 is 0 Å². The predicted molar refractivity (Wildman–Crippen MR) is 85.5 cm³/mol. The fraction of sp³-hybridized carbons (Fsp3) is 0.375. The lowest BCUT2D eigenvalue weighted by Crippen LogP contribution is -2.25. The Labute approximate surface area is 129 Å². The fourth-order valence-electron chi connectivity index (χ4n) is 2.39. The van der Waals surface area contributed by atoms with Crippen molar-refractivity contribution in [3.8, 4) is 11.3 Å². The third kappa shape index (κ3) is 3.61. The molecule has 1 heterocycles. The van der Waals surface area contributed by atoms with E-state index in [1.165, 1.54) is 0 Å². The van der Waals surface area contributed by atoms with E-state index in [1.807, 2.05) is 24.4 Å². The van der Waals surface area contributed by atoms with Crippen LogP contribution in [0.25, 0.3) is 11.3 Å². The quantitative estimate of drug-likeness (QED) is 0.805. The van der Waals surface area contributed by atoms with E-state index in [0.29, 0.717) is 17.2 Å². The molecule has 1 amide bonds. The Hall–Kier alpha value is -1.88. The van der Waals surface area contributed by atoms with E-state index in [1.54, 1.807) is 0 Å². The molecule has 2 N–H and O–H groups in total. The summed E-state index contributed by atoms with van der Waals surface area (Å²) in [6.07, 6.45) is 5.55. The van der Waals surface area contributed by atoms with Gasteiger partial charge in [0.2, 0.25) is 5.91 Å². The number of nitrogens with one attached hydrogen (secondary N) is 2. The molecule has 5 heteroatoms. The molecule has 4 nitrogen and oxygen atoms in total. The van der Waals surface area contributed by atoms with Gasteiger partial charge < -0.3 is 14.9 Å². The smallest absolute Gasteiger partial charge is 0.220 e. The van der Waals surface area contributed by atoms with Gasteiger partial charge in [-0.1, -0.05) is 30.3 Å². The highest BCUT2D eigenvalue weighted by Gasteiger charge is 2.22. The fourth-order valence-corrected chi connectivity index (χ4v) is 2.64. The van der Waals surface area contributed by atoms with Crippen molar-refractivity contribution < 1.29 is 4.79 Å². The first-order chi connectivity index (χ1) is 10.2. The third-order valence-corrected chi connectivity index (χ3v) is 4.00. The SMILES string of the molecule is O=C(CCCn1c(-c2ccccc2)c[nH]c1=S)NC1CC1. The average Bonchev–Trinajstić information content (AvgIpc) is 3.23. The summed E-state index contributed by atoms with van der Waals surface area (Å²) < 4.78 is 2.77. The lowest BCUT2D eigenvalue weighted by Gasteiger charge is -2.08. The Bertz CT molecular complexity index is 670. The van der Waals surface area contributed by atoms with Crippen LogP contribution < -0.4 is 5.32 Å². The Kier molecular flexibility index (Phi) is 4.20. The molecule has 110 valence electrons. The molecule has 1 aromatic carbocycles. The zero-order valence-corrected chi connectivity index (χ0v) is 12.7. The molecule has 0 bridgehead atoms. The summed E-state index contributed by atoms with van der Waals surface area (Å²) >= 11 is 5.34. The van der Waals surface area contributed by atoms with Crippen LogP contribution in [0.15, 0.2) is 36.5 Å². The standard InChI is InChI=1S/C16H19N3OS/c20-15(18-13-8-9-13)7-4-10-19-14(11-17-16(19)21)12-5-2-1-3-6-12/h1-3,5-6,11,13H,4,7-10H2,(H,17,21)(H,18,20). The molecule has 1 aliphatic carbocycles. The minimum Gasteiger partial charge on any atom is -0.353 e. The average molecular weight is 301 g/mol. The summed E-state index contributed by atoms with van der Waals surface area (Å²) in [6.45, 7) is 0.755. The Morgan fingerprint density at radius 1 is 1.33 bits per heavy atom. The van der Waals surface area contributed by atoms with Gasteiger partial charge in [-0.3, -0.25) is 4.79 Å². The van der Waals surface area contributed by atoms with Gasteiger partial charge in [0.15, 0.2) is 4.77 Å². The molecule has 1 aromatic heterocycles. The number of rotatable bonds is 6. The van der Waals surface area contributed by atoms with Crippen LogP contribution in [0, 0.1) is 4.77 Å². The van der Waals surface area contributed by atoms with Crippen LogP contribution in [0.1, 0.15) is 25.7 Å². The van der Waals surface area contributed by atoms with Crippen molar-refractivity contribution in [3.63, 3.8) is 0 Å². The monoisotopic (exact) mass is 301 g/mol. The van der Waals surface area contributed by atoms with Gasteiger partial charge in [-0.05, 0) is 37.0 Å². The van der Waals surface area contributed by atoms with E-state index in [4.69, 9.17) is 12.2 Å². The predicted octanol–water partition coefficient (Wildman–Crippen LogP) is 3.27. The van der Waals surface area contributed by atoms with E-state index in [0.717, 1.165) is 37.1 Å². The molecule has 0 aliphatic heterocycles. The number of aromatic nitrogens is 2. The van der Waals surface area contributed by atoms with Gasteiger partial charge in [0.25, 0.3) is 0 Å². The number of amides is 1. The largest absolute Gasteiger partial charge is 0.353 e. The van der Waals surface area contributed by atoms with Gasteiger partial charge in [0.1, 0.15) is 0 Å². The summed E-state index contributed by atoms with van der Waals surface area (Å²) in [7, 11) is 0. The molecule has 2 aromatic rings. The van der Waals surface area contributed by atoms with Crippen LogP contribution in [0.2, 0.25) is 0 Å². The van der Waals surface area contributed by atoms with Gasteiger partial charge in [-0.15, -0.1) is 0 Å². The highest BCUT2D eigenvalue weighted by molar-refractivity contribution is 7.71. The van der Waals surface area contributed by atoms with Gasteiger partial charge in [0, 0.05) is 25.2 Å². The minimum absolute atomic E-state index is 0.154. The second-order valence-corrected chi connectivity index (χ2v) is 5.83. The van der Waals surface area contributed by atoms with E-state index in [-0.39, 0.29) is 5.91 Å². The normalized spacial score (nSPS) is 14.1. The zero-order chi connectivity index (χ0) is 14.7. The van der Waals surface area contributed by atoms with Crippen molar-refractivity contribution in [2.24, 2.45) is 0 Å². The molecule has 21 heavy (non-hydrogen) atoms. The Morgan fingerprint density at radius 2 is 2.10 bits per heavy atom. The maximum atomic E-state index is 11.7. The molecule has 0 spiro atoms. The first-order valence-corrected chi connectivity index (χ1v) is 7.78. The second-order valence-electron chi connectivity index (χ2n) is 5.44. The molecule has 3 rings (SSSR count). The van der Waals surface area contributed by atoms with Gasteiger partial charge in [0.05, 0.1) is 5.69 Å². The molecule has 1 fully saturated rings. The van der Waals surface area contributed by atoms with Crippen molar-refractivity contribution in [1.29, 1.82) is 0 Å². The highest BCUT2D eigenvalue weighted by Crippen LogP contribution is 2.20. The molecule has 0 atom stereocenters. The summed E-state index contributed by atoms with van der Waals surface area (Å²) in [4.78, 5) is 14.8. The molecule has 0 radical (unpaired) electrons. The summed E-state index contributed by atoms with van der Waals surface area (Å²) in [5.74, 6) is 0.154. The van der Waals surface area contributed by atoms with E-state index < -0.39 is 0 Å². The number of aromatic amines is 1. The van der Waals surface area contributed by atoms with Crippen molar-refractivity contribution in [1.82, 2.24) is 14.9 Å². The number of hydrogen-bond acceptors (Lipinski definition) is 2. The van der Waals surface area contributed by atoms with Crippen LogP contribution in [-0.4, -0.2) is 21.5 Å². The van der Waals surface area contributed by atoms with E-state index in [2.05, 4.69) is 27.0 Å². The number of hydrogen-bond donors (Lipinski definition) is 2. The molecular formula is C16H19N3OS. The van der Waals surface area contributed by atoms with Crippen molar-refractivity contribution in [2.75, 3.05) is 0 Å². The number of benzene rings is 1. The molecule has 0 unspecified atom stereocenters. The molecule has 1 saturated carbocycles. The minimum atomic E-state index is 0.154. The Morgan fingerprint density at radius 3 is 2.81 bits per heavy atom. The van der Waals surface area contributed by atoms with Gasteiger partial charge in [-0.2, -0.15) is 0 Å². The maximum Gasteiger partial charge on any atom is 0.220 e. The zero-order valence-electron chi connectivity index (χ0n) is 11.8. The summed E-state index contributed by atoms with van der Waals surface area (Å²) in [5, 5.41) is 3.01. The molecule has 1 aliphatic rings. The van der Waals surface area contributed by atoms with Crippen LogP contribution >= 0.6 is 12.2 Å². The van der Waals surface area contributed by atoms with Crippen molar-refractivity contribution >= 4 is 18.1 Å². The number of nitrogens with zero attached hydrogens (tertiary/aromatic N) is 1. The van der Waals surface area contributed by atoms with E-state index >= 15 is 0 Å². The van der Waals surface area contributed by atoms with Crippen LogP contribution in [0.3, 0.4) is 0 Å². The number of H-pyrrole nitrogens is 1. The van der Waals surface area contributed by atoms with Crippen LogP contribution in [0.5, 0.6) is 0 Å². The third-order valence-electron chi connectivity index (χ3n) is 3.67. The van der Waals surface area contributed by atoms with Gasteiger partial charge in [-0.25, -0.2) is 0 Å². The number of carbonyl (C=O) groups is 1. The maximum absolute atomic E-state index is 11.7. The highest BCUT2D eigenvalue weighted by atomic mass is 32.1. The lowest BCUT2D eigenvalue weighted by molar-refractivity contribution is -0.121. The van der Waals surface area contributed by atoms with E-state index in [9.17, 15) is 4.79 Å². The Balaban J connectivity index is 1.63. The molecular weight excluding hydrogens is 282 g/mol. The van der Waals surface area contributed by atoms with Crippen molar-refractivity contribution in [2.45, 2.75) is 38.3 Å². The number of carbonyl (C=O) groups excluding carboxylic acids is 1. The second kappa shape index (κ2) is 6.26. The first kappa shape index (κ1) is 14.1. The van der Waals surface area contributed by atoms with Crippen molar-refractivity contribution in [3.05, 3.63) is 41.3 Å². The summed E-state index contributed by atoms with van der Waals surface area (Å²) in [5.41, 5.74) is 2.20. The number of imidazole rings is 1.